The van der Waals surface area contributed by atoms with E-state index in [0.717, 1.165) is 0 Å². The summed E-state index contributed by atoms with van der Waals surface area (Å²) in [5.41, 5.74) is 5.17. The van der Waals surface area contributed by atoms with Crippen LogP contribution in [0.4, 0.5) is 0 Å². The van der Waals surface area contributed by atoms with Gasteiger partial charge in [0.25, 0.3) is 0 Å². The lowest BCUT2D eigenvalue weighted by atomic mass is 9.99. The van der Waals surface area contributed by atoms with Crippen LogP contribution in [-0.4, -0.2) is 57.7 Å². The summed E-state index contributed by atoms with van der Waals surface area (Å²) in [4.78, 5) is 0. The molecule has 12 heavy (non-hydrogen) atoms. The van der Waals surface area contributed by atoms with Gasteiger partial charge in [0.05, 0.1) is 0 Å². The Morgan fingerprint density at radius 2 is 1.58 bits per heavy atom. The van der Waals surface area contributed by atoms with E-state index in [9.17, 15) is 5.11 Å². The second-order valence-electron chi connectivity index (χ2n) is 2.77. The van der Waals surface area contributed by atoms with E-state index >= 15 is 0 Å². The Bertz CT molecular complexity index is 150. The van der Waals surface area contributed by atoms with Crippen LogP contribution in [0, 0.1) is 0 Å². The zero-order valence-electron chi connectivity index (χ0n) is 6.37. The molecular weight excluding hydrogens is 166 g/mol. The van der Waals surface area contributed by atoms with Crippen LogP contribution in [0.3, 0.4) is 0 Å². The second-order valence-corrected chi connectivity index (χ2v) is 2.77. The molecule has 1 saturated heterocycles. The highest BCUT2D eigenvalue weighted by Crippen LogP contribution is 2.18. The first kappa shape index (κ1) is 9.85. The third-order valence-electron chi connectivity index (χ3n) is 1.92. The van der Waals surface area contributed by atoms with E-state index in [4.69, 9.17) is 25.8 Å². The van der Waals surface area contributed by atoms with Crippen molar-refractivity contribution in [2.24, 2.45) is 5.73 Å². The molecule has 0 bridgehead atoms. The van der Waals surface area contributed by atoms with Crippen LogP contribution in [-0.2, 0) is 4.74 Å². The fourth-order valence-corrected chi connectivity index (χ4v) is 1.13. The summed E-state index contributed by atoms with van der Waals surface area (Å²) < 4.78 is 4.70. The molecule has 6 heteroatoms. The van der Waals surface area contributed by atoms with Gasteiger partial charge in [-0.1, -0.05) is 0 Å². The topological polar surface area (TPSA) is 116 Å². The average Bonchev–Trinajstić information content (AvgIpc) is 2.08. The standard InChI is InChI=1S/C6H13NO5/c7-1-2-3(8)4(9)5(10)6(11)12-2/h2-6,8-11H,1,7H2/t2?,3-,4-,5?,6-/m1/s1. The monoisotopic (exact) mass is 179 g/mol. The van der Waals surface area contributed by atoms with Gasteiger partial charge in [-0.25, -0.2) is 0 Å². The maximum absolute atomic E-state index is 9.20. The minimum atomic E-state index is -1.49. The van der Waals surface area contributed by atoms with Gasteiger partial charge in [-0.05, 0) is 0 Å². The quantitative estimate of drug-likeness (QED) is 0.288. The summed E-state index contributed by atoms with van der Waals surface area (Å²) in [6.07, 6.45) is -6.48. The molecule has 72 valence electrons. The van der Waals surface area contributed by atoms with Crippen LogP contribution in [0.25, 0.3) is 0 Å². The molecule has 0 spiro atoms. The maximum atomic E-state index is 9.20. The van der Waals surface area contributed by atoms with Crippen LogP contribution in [0.2, 0.25) is 0 Å². The van der Waals surface area contributed by atoms with Gasteiger partial charge >= 0.3 is 0 Å². The molecule has 0 aliphatic carbocycles. The number of ether oxygens (including phenoxy) is 1. The summed E-state index contributed by atoms with van der Waals surface area (Å²) in [6, 6.07) is 0. The summed E-state index contributed by atoms with van der Waals surface area (Å²) in [5, 5.41) is 36.3. The lowest BCUT2D eigenvalue weighted by molar-refractivity contribution is -0.279. The fraction of sp³-hybridized carbons (Fsp3) is 1.00. The maximum Gasteiger partial charge on any atom is 0.184 e. The largest absolute Gasteiger partial charge is 0.388 e. The SMILES string of the molecule is NCC1O[C@@H](O)C(O)[C@H](O)[C@@H]1O. The first-order valence-corrected chi connectivity index (χ1v) is 3.65. The number of aliphatic hydroxyl groups excluding tert-OH is 4. The average molecular weight is 179 g/mol. The van der Waals surface area contributed by atoms with Gasteiger partial charge in [-0.15, -0.1) is 0 Å². The van der Waals surface area contributed by atoms with Crippen molar-refractivity contribution in [2.45, 2.75) is 30.7 Å². The van der Waals surface area contributed by atoms with Crippen LogP contribution in [0.5, 0.6) is 0 Å². The molecule has 5 atom stereocenters. The Morgan fingerprint density at radius 1 is 1.00 bits per heavy atom. The zero-order chi connectivity index (χ0) is 9.30. The molecule has 6 N–H and O–H groups in total. The smallest absolute Gasteiger partial charge is 0.184 e. The first-order valence-electron chi connectivity index (χ1n) is 3.65. The van der Waals surface area contributed by atoms with Crippen LogP contribution >= 0.6 is 0 Å². The highest BCUT2D eigenvalue weighted by atomic mass is 16.6. The van der Waals surface area contributed by atoms with Gasteiger partial charge in [0.15, 0.2) is 6.29 Å². The van der Waals surface area contributed by atoms with Gasteiger partial charge < -0.3 is 30.9 Å². The molecule has 0 saturated carbocycles. The van der Waals surface area contributed by atoms with Crippen molar-refractivity contribution in [1.82, 2.24) is 0 Å². The molecule has 1 aliphatic heterocycles. The van der Waals surface area contributed by atoms with E-state index in [0.29, 0.717) is 0 Å². The Balaban J connectivity index is 2.63. The van der Waals surface area contributed by atoms with Gasteiger partial charge in [-0.2, -0.15) is 0 Å². The summed E-state index contributed by atoms with van der Waals surface area (Å²) in [6.45, 7) is -0.0258. The number of hydrogen-bond donors (Lipinski definition) is 5. The van der Waals surface area contributed by atoms with Crippen LogP contribution in [0.1, 0.15) is 0 Å². The Morgan fingerprint density at radius 3 is 2.08 bits per heavy atom. The van der Waals surface area contributed by atoms with Crippen molar-refractivity contribution in [2.75, 3.05) is 6.54 Å². The molecule has 0 aromatic heterocycles. The van der Waals surface area contributed by atoms with Crippen molar-refractivity contribution < 1.29 is 25.2 Å². The molecule has 1 fully saturated rings. The molecule has 0 radical (unpaired) electrons. The lowest BCUT2D eigenvalue weighted by Crippen LogP contribution is -2.59. The van der Waals surface area contributed by atoms with Gasteiger partial charge in [0.2, 0.25) is 0 Å². The van der Waals surface area contributed by atoms with E-state index in [1.165, 1.54) is 0 Å². The van der Waals surface area contributed by atoms with E-state index < -0.39 is 30.7 Å². The summed E-state index contributed by atoms with van der Waals surface area (Å²) in [5.74, 6) is 0. The minimum absolute atomic E-state index is 0.0258. The van der Waals surface area contributed by atoms with E-state index in [1.54, 1.807) is 0 Å². The zero-order valence-corrected chi connectivity index (χ0v) is 6.37. The molecule has 1 rings (SSSR count). The third kappa shape index (κ3) is 1.58. The van der Waals surface area contributed by atoms with E-state index in [1.807, 2.05) is 0 Å². The number of rotatable bonds is 1. The lowest BCUT2D eigenvalue weighted by Gasteiger charge is -2.37. The number of aliphatic hydroxyl groups is 4. The Labute approximate surface area is 69.2 Å². The van der Waals surface area contributed by atoms with Crippen LogP contribution in [0.15, 0.2) is 0 Å². The van der Waals surface area contributed by atoms with Crippen molar-refractivity contribution in [3.8, 4) is 0 Å². The Hall–Kier alpha value is -0.240. The van der Waals surface area contributed by atoms with Crippen molar-refractivity contribution in [3.05, 3.63) is 0 Å². The molecule has 1 aliphatic rings. The highest BCUT2D eigenvalue weighted by molar-refractivity contribution is 4.88. The van der Waals surface area contributed by atoms with Gasteiger partial charge in [-0.3, -0.25) is 0 Å². The van der Waals surface area contributed by atoms with E-state index in [2.05, 4.69) is 0 Å². The minimum Gasteiger partial charge on any atom is -0.388 e. The van der Waals surface area contributed by atoms with Crippen LogP contribution < -0.4 is 5.73 Å². The second kappa shape index (κ2) is 3.65. The first-order chi connectivity index (χ1) is 5.57. The third-order valence-corrected chi connectivity index (χ3v) is 1.92. The molecule has 2 unspecified atom stereocenters. The van der Waals surface area contributed by atoms with Gasteiger partial charge in [0, 0.05) is 6.54 Å². The molecule has 1 heterocycles. The fourth-order valence-electron chi connectivity index (χ4n) is 1.13. The van der Waals surface area contributed by atoms with E-state index in [-0.39, 0.29) is 6.54 Å². The highest BCUT2D eigenvalue weighted by Gasteiger charge is 2.42. The number of nitrogens with two attached hydrogens (primary N) is 1. The van der Waals surface area contributed by atoms with Crippen molar-refractivity contribution >= 4 is 0 Å². The predicted molar refractivity (Wildman–Crippen MR) is 38.0 cm³/mol. The van der Waals surface area contributed by atoms with Gasteiger partial charge in [0.1, 0.15) is 24.4 Å². The Kier molecular flexibility index (Phi) is 2.99. The molecule has 0 aromatic rings. The summed E-state index contributed by atoms with van der Waals surface area (Å²) in [7, 11) is 0. The summed E-state index contributed by atoms with van der Waals surface area (Å²) >= 11 is 0. The van der Waals surface area contributed by atoms with Crippen molar-refractivity contribution in [1.29, 1.82) is 0 Å². The molecule has 6 nitrogen and oxygen atoms in total. The predicted octanol–water partition coefficient (Wildman–Crippen LogP) is -3.25. The number of hydrogen-bond acceptors (Lipinski definition) is 6. The molecule has 0 aromatic carbocycles. The molecule has 0 amide bonds. The normalized spacial score (nSPS) is 49.2. The molecular formula is C6H13NO5. The van der Waals surface area contributed by atoms with Crippen molar-refractivity contribution in [3.63, 3.8) is 0 Å².